The molecule has 2 aromatic heterocycles. The molecule has 0 fully saturated rings. The van der Waals surface area contributed by atoms with Crippen molar-refractivity contribution in [3.8, 4) is 0 Å². The van der Waals surface area contributed by atoms with E-state index in [1.807, 2.05) is 19.1 Å². The van der Waals surface area contributed by atoms with E-state index in [4.69, 9.17) is 0 Å². The molecule has 24 heavy (non-hydrogen) atoms. The third kappa shape index (κ3) is 3.12. The van der Waals surface area contributed by atoms with E-state index in [2.05, 4.69) is 33.8 Å². The Morgan fingerprint density at radius 2 is 1.96 bits per heavy atom. The van der Waals surface area contributed by atoms with Crippen LogP contribution in [0.3, 0.4) is 0 Å². The summed E-state index contributed by atoms with van der Waals surface area (Å²) in [7, 11) is -3.78. The van der Waals surface area contributed by atoms with Crippen molar-refractivity contribution in [2.45, 2.75) is 32.1 Å². The number of hydrogen-bond donors (Lipinski definition) is 2. The number of sulfonamides is 1. The summed E-state index contributed by atoms with van der Waals surface area (Å²) in [5.74, 6) is 0.748. The van der Waals surface area contributed by atoms with E-state index in [1.54, 1.807) is 24.4 Å². The number of fused-ring (bicyclic) bond motifs is 1. The number of para-hydroxylation sites is 1. The summed E-state index contributed by atoms with van der Waals surface area (Å²) >= 11 is 0. The molecule has 126 valence electrons. The van der Waals surface area contributed by atoms with Crippen LogP contribution in [0.4, 0.5) is 5.82 Å². The van der Waals surface area contributed by atoms with E-state index in [0.29, 0.717) is 17.3 Å². The van der Waals surface area contributed by atoms with Gasteiger partial charge < -0.3 is 0 Å². The predicted molar refractivity (Wildman–Crippen MR) is 94.4 cm³/mol. The molecule has 0 bridgehead atoms. The van der Waals surface area contributed by atoms with Crippen LogP contribution in [0.2, 0.25) is 0 Å². The SMILES string of the molecule is Cc1[nH]nc(NS(=O)(=O)c2cccc3cccnc23)c1CC(C)C. The first kappa shape index (κ1) is 16.4. The zero-order chi connectivity index (χ0) is 17.3. The van der Waals surface area contributed by atoms with Crippen LogP contribution in [-0.4, -0.2) is 23.6 Å². The Morgan fingerprint density at radius 1 is 1.21 bits per heavy atom. The highest BCUT2D eigenvalue weighted by Crippen LogP contribution is 2.26. The van der Waals surface area contributed by atoms with Gasteiger partial charge >= 0.3 is 0 Å². The van der Waals surface area contributed by atoms with Gasteiger partial charge in [-0.25, -0.2) is 8.42 Å². The third-order valence-electron chi connectivity index (χ3n) is 3.80. The van der Waals surface area contributed by atoms with Gasteiger partial charge in [-0.1, -0.05) is 32.0 Å². The van der Waals surface area contributed by atoms with Gasteiger partial charge in [-0.2, -0.15) is 5.10 Å². The summed E-state index contributed by atoms with van der Waals surface area (Å²) in [6.45, 7) is 6.06. The van der Waals surface area contributed by atoms with Gasteiger partial charge in [0, 0.05) is 22.8 Å². The Kier molecular flexibility index (Phi) is 4.28. The Balaban J connectivity index is 2.03. The molecule has 0 radical (unpaired) electrons. The molecule has 0 aliphatic carbocycles. The van der Waals surface area contributed by atoms with Crippen molar-refractivity contribution in [2.24, 2.45) is 5.92 Å². The molecule has 1 aromatic carbocycles. The van der Waals surface area contributed by atoms with Crippen LogP contribution >= 0.6 is 0 Å². The summed E-state index contributed by atoms with van der Waals surface area (Å²) in [4.78, 5) is 4.37. The van der Waals surface area contributed by atoms with Gasteiger partial charge in [0.25, 0.3) is 10.0 Å². The van der Waals surface area contributed by atoms with Crippen molar-refractivity contribution in [2.75, 3.05) is 4.72 Å². The van der Waals surface area contributed by atoms with Crippen molar-refractivity contribution in [1.82, 2.24) is 15.2 Å². The number of aromatic amines is 1. The van der Waals surface area contributed by atoms with E-state index < -0.39 is 10.0 Å². The van der Waals surface area contributed by atoms with Gasteiger partial charge in [0.2, 0.25) is 0 Å². The minimum atomic E-state index is -3.78. The molecule has 2 N–H and O–H groups in total. The molecule has 2 heterocycles. The molecule has 0 atom stereocenters. The number of hydrogen-bond acceptors (Lipinski definition) is 4. The number of nitrogens with zero attached hydrogens (tertiary/aromatic N) is 2. The van der Waals surface area contributed by atoms with Crippen LogP contribution in [0.15, 0.2) is 41.4 Å². The molecule has 0 saturated carbocycles. The van der Waals surface area contributed by atoms with Gasteiger partial charge in [0.15, 0.2) is 5.82 Å². The molecule has 0 saturated heterocycles. The predicted octanol–water partition coefficient (Wildman–Crippen LogP) is 3.27. The highest BCUT2D eigenvalue weighted by molar-refractivity contribution is 7.93. The number of nitrogens with one attached hydrogen (secondary N) is 2. The normalized spacial score (nSPS) is 12.0. The lowest BCUT2D eigenvalue weighted by molar-refractivity contribution is 0.601. The van der Waals surface area contributed by atoms with E-state index in [1.165, 1.54) is 0 Å². The smallest absolute Gasteiger partial charge is 0.265 e. The van der Waals surface area contributed by atoms with E-state index in [9.17, 15) is 8.42 Å². The van der Waals surface area contributed by atoms with Gasteiger partial charge in [0.1, 0.15) is 4.90 Å². The number of anilines is 1. The summed E-state index contributed by atoms with van der Waals surface area (Å²) in [5, 5.41) is 7.76. The second-order valence-electron chi connectivity index (χ2n) is 6.21. The van der Waals surface area contributed by atoms with Crippen molar-refractivity contribution in [3.63, 3.8) is 0 Å². The lowest BCUT2D eigenvalue weighted by Crippen LogP contribution is -2.15. The van der Waals surface area contributed by atoms with E-state index >= 15 is 0 Å². The lowest BCUT2D eigenvalue weighted by Gasteiger charge is -2.11. The maximum absolute atomic E-state index is 12.9. The molecule has 7 heteroatoms. The first-order valence-electron chi connectivity index (χ1n) is 7.79. The van der Waals surface area contributed by atoms with Crippen LogP contribution in [0.1, 0.15) is 25.1 Å². The molecule has 0 unspecified atom stereocenters. The number of aromatic nitrogens is 3. The van der Waals surface area contributed by atoms with Gasteiger partial charge in [-0.15, -0.1) is 0 Å². The molecule has 6 nitrogen and oxygen atoms in total. The molecular weight excluding hydrogens is 324 g/mol. The van der Waals surface area contributed by atoms with Crippen LogP contribution < -0.4 is 4.72 Å². The van der Waals surface area contributed by atoms with Gasteiger partial charge in [-0.3, -0.25) is 14.8 Å². The Hall–Kier alpha value is -2.41. The zero-order valence-corrected chi connectivity index (χ0v) is 14.7. The highest BCUT2D eigenvalue weighted by atomic mass is 32.2. The van der Waals surface area contributed by atoms with Gasteiger partial charge in [-0.05, 0) is 31.4 Å². The first-order chi connectivity index (χ1) is 11.4. The van der Waals surface area contributed by atoms with Crippen LogP contribution in [0, 0.1) is 12.8 Å². The highest BCUT2D eigenvalue weighted by Gasteiger charge is 2.22. The van der Waals surface area contributed by atoms with Crippen LogP contribution in [-0.2, 0) is 16.4 Å². The van der Waals surface area contributed by atoms with Crippen molar-refractivity contribution in [3.05, 3.63) is 47.8 Å². The van der Waals surface area contributed by atoms with E-state index in [0.717, 1.165) is 23.1 Å². The van der Waals surface area contributed by atoms with Crippen molar-refractivity contribution < 1.29 is 8.42 Å². The lowest BCUT2D eigenvalue weighted by atomic mass is 10.0. The largest absolute Gasteiger partial charge is 0.280 e. The second kappa shape index (κ2) is 6.24. The Bertz CT molecular complexity index is 972. The molecule has 3 rings (SSSR count). The standard InChI is InChI=1S/C17H20N4O2S/c1-11(2)10-14-12(3)19-20-17(14)21-24(22,23)15-8-4-6-13-7-5-9-18-16(13)15/h4-9,11H,10H2,1-3H3,(H2,19,20,21). The molecule has 0 spiro atoms. The number of benzene rings is 1. The Morgan fingerprint density at radius 3 is 2.71 bits per heavy atom. The number of pyridine rings is 1. The maximum atomic E-state index is 12.9. The van der Waals surface area contributed by atoms with Crippen LogP contribution in [0.25, 0.3) is 10.9 Å². The monoisotopic (exact) mass is 344 g/mol. The maximum Gasteiger partial charge on any atom is 0.265 e. The fourth-order valence-electron chi connectivity index (χ4n) is 2.67. The number of aryl methyl sites for hydroxylation is 1. The molecule has 0 aliphatic rings. The second-order valence-corrected chi connectivity index (χ2v) is 7.86. The third-order valence-corrected chi connectivity index (χ3v) is 5.17. The van der Waals surface area contributed by atoms with Crippen LogP contribution in [0.5, 0.6) is 0 Å². The van der Waals surface area contributed by atoms with Crippen molar-refractivity contribution in [1.29, 1.82) is 0 Å². The average molecular weight is 344 g/mol. The zero-order valence-electron chi connectivity index (χ0n) is 13.9. The number of rotatable bonds is 5. The Labute approximate surface area is 141 Å². The topological polar surface area (TPSA) is 87.7 Å². The van der Waals surface area contributed by atoms with Crippen molar-refractivity contribution >= 4 is 26.7 Å². The molecular formula is C17H20N4O2S. The molecule has 3 aromatic rings. The quantitative estimate of drug-likeness (QED) is 0.743. The average Bonchev–Trinajstić information content (AvgIpc) is 2.86. The minimum absolute atomic E-state index is 0.150. The minimum Gasteiger partial charge on any atom is -0.280 e. The van der Waals surface area contributed by atoms with E-state index in [-0.39, 0.29) is 4.90 Å². The fourth-order valence-corrected chi connectivity index (χ4v) is 3.89. The first-order valence-corrected chi connectivity index (χ1v) is 9.27. The fraction of sp³-hybridized carbons (Fsp3) is 0.294. The summed E-state index contributed by atoms with van der Waals surface area (Å²) < 4.78 is 28.3. The molecule has 0 amide bonds. The summed E-state index contributed by atoms with van der Waals surface area (Å²) in [6.07, 6.45) is 2.33. The van der Waals surface area contributed by atoms with Gasteiger partial charge in [0.05, 0.1) is 5.52 Å². The molecule has 0 aliphatic heterocycles. The summed E-state index contributed by atoms with van der Waals surface area (Å²) in [5.41, 5.74) is 2.21. The summed E-state index contributed by atoms with van der Waals surface area (Å²) in [6, 6.07) is 8.72. The number of H-pyrrole nitrogens is 1.